The third-order valence-corrected chi connectivity index (χ3v) is 4.43. The molecule has 0 unspecified atom stereocenters. The Kier molecular flexibility index (Phi) is 4.79. The number of Topliss-reactive ketones (excluding diaryl/α,β-unsaturated/α-hetero) is 1. The summed E-state index contributed by atoms with van der Waals surface area (Å²) in [5.41, 5.74) is 1.89. The van der Waals surface area contributed by atoms with Crippen molar-refractivity contribution in [2.45, 2.75) is 20.3 Å². The number of carbonyl (C=O) groups excluding carboxylic acids is 1. The van der Waals surface area contributed by atoms with Gasteiger partial charge in [0.15, 0.2) is 5.78 Å². The number of nitrogens with one attached hydrogen (secondary N) is 1. The predicted octanol–water partition coefficient (Wildman–Crippen LogP) is 3.67. The smallest absolute Gasteiger partial charge is 0.164 e. The zero-order valence-corrected chi connectivity index (χ0v) is 14.1. The molecule has 2 aromatic rings. The minimum Gasteiger partial charge on any atom is -0.371 e. The van der Waals surface area contributed by atoms with E-state index in [1.54, 1.807) is 6.07 Å². The molecule has 5 heteroatoms. The first-order valence-corrected chi connectivity index (χ1v) is 8.26. The molecule has 126 valence electrons. The Balaban J connectivity index is 1.66. The van der Waals surface area contributed by atoms with Crippen LogP contribution < -0.4 is 10.2 Å². The first kappa shape index (κ1) is 16.4. The molecule has 2 heterocycles. The number of rotatable bonds is 5. The largest absolute Gasteiger partial charge is 0.371 e. The maximum atomic E-state index is 14.0. The van der Waals surface area contributed by atoms with Gasteiger partial charge in [-0.1, -0.05) is 12.1 Å². The fraction of sp³-hybridized carbons (Fsp3) is 0.368. The summed E-state index contributed by atoms with van der Waals surface area (Å²) in [6.07, 6.45) is 1.01. The predicted molar refractivity (Wildman–Crippen MR) is 94.2 cm³/mol. The number of carbonyl (C=O) groups is 1. The quantitative estimate of drug-likeness (QED) is 0.851. The highest BCUT2D eigenvalue weighted by atomic mass is 19.1. The summed E-state index contributed by atoms with van der Waals surface area (Å²) in [6, 6.07) is 10.8. The van der Waals surface area contributed by atoms with Gasteiger partial charge in [0.1, 0.15) is 11.6 Å². The molecule has 1 aliphatic rings. The summed E-state index contributed by atoms with van der Waals surface area (Å²) in [7, 11) is 0. The van der Waals surface area contributed by atoms with Gasteiger partial charge in [-0.15, -0.1) is 0 Å². The van der Waals surface area contributed by atoms with Crippen molar-refractivity contribution in [3.05, 3.63) is 53.5 Å². The molecule has 1 aromatic carbocycles. The lowest BCUT2D eigenvalue weighted by atomic mass is 10.1. The Labute approximate surface area is 141 Å². The second-order valence-electron chi connectivity index (χ2n) is 6.34. The van der Waals surface area contributed by atoms with Crippen molar-refractivity contribution in [1.29, 1.82) is 0 Å². The molecule has 1 N–H and O–H groups in total. The van der Waals surface area contributed by atoms with Crippen molar-refractivity contribution < 1.29 is 9.18 Å². The van der Waals surface area contributed by atoms with Gasteiger partial charge < -0.3 is 10.2 Å². The van der Waals surface area contributed by atoms with Gasteiger partial charge in [0.2, 0.25) is 0 Å². The SMILES string of the molecule is CC(=O)c1c(F)cccc1N1CC[C@H](CNc2cccc(C)n2)C1. The van der Waals surface area contributed by atoms with Crippen LogP contribution in [-0.4, -0.2) is 30.4 Å². The molecule has 0 amide bonds. The summed E-state index contributed by atoms with van der Waals surface area (Å²) in [4.78, 5) is 18.3. The molecular weight excluding hydrogens is 305 g/mol. The van der Waals surface area contributed by atoms with Crippen LogP contribution in [-0.2, 0) is 0 Å². The number of hydrogen-bond donors (Lipinski definition) is 1. The normalized spacial score (nSPS) is 17.1. The van der Waals surface area contributed by atoms with Crippen LogP contribution in [0.25, 0.3) is 0 Å². The number of aryl methyl sites for hydroxylation is 1. The lowest BCUT2D eigenvalue weighted by molar-refractivity contribution is 0.101. The van der Waals surface area contributed by atoms with E-state index in [0.717, 1.165) is 37.6 Å². The highest BCUT2D eigenvalue weighted by molar-refractivity contribution is 6.00. The molecule has 1 fully saturated rings. The average molecular weight is 327 g/mol. The Hall–Kier alpha value is -2.43. The van der Waals surface area contributed by atoms with Gasteiger partial charge >= 0.3 is 0 Å². The van der Waals surface area contributed by atoms with E-state index in [4.69, 9.17) is 0 Å². The molecular formula is C19H22FN3O. The number of hydrogen-bond acceptors (Lipinski definition) is 4. The van der Waals surface area contributed by atoms with Crippen LogP contribution >= 0.6 is 0 Å². The number of aromatic nitrogens is 1. The third-order valence-electron chi connectivity index (χ3n) is 4.43. The average Bonchev–Trinajstić information content (AvgIpc) is 3.01. The van der Waals surface area contributed by atoms with Crippen LogP contribution in [0.3, 0.4) is 0 Å². The van der Waals surface area contributed by atoms with Crippen LogP contribution in [0.2, 0.25) is 0 Å². The number of benzene rings is 1. The number of nitrogens with zero attached hydrogens (tertiary/aromatic N) is 2. The Morgan fingerprint density at radius 3 is 2.88 bits per heavy atom. The third kappa shape index (κ3) is 3.55. The summed E-state index contributed by atoms with van der Waals surface area (Å²) < 4.78 is 14.0. The standard InChI is InChI=1S/C19H22FN3O/c1-13-5-3-8-18(22-13)21-11-15-9-10-23(12-15)17-7-4-6-16(20)19(17)14(2)24/h3-8,15H,9-12H2,1-2H3,(H,21,22)/t15-/m1/s1. The molecule has 1 atom stereocenters. The van der Waals surface area contributed by atoms with E-state index < -0.39 is 5.82 Å². The Bertz CT molecular complexity index is 747. The van der Waals surface area contributed by atoms with E-state index in [-0.39, 0.29) is 11.3 Å². The van der Waals surface area contributed by atoms with E-state index >= 15 is 0 Å². The highest BCUT2D eigenvalue weighted by Crippen LogP contribution is 2.29. The molecule has 1 aromatic heterocycles. The molecule has 1 aliphatic heterocycles. The van der Waals surface area contributed by atoms with Gasteiger partial charge in [-0.2, -0.15) is 0 Å². The highest BCUT2D eigenvalue weighted by Gasteiger charge is 2.26. The molecule has 1 saturated heterocycles. The number of ketones is 1. The molecule has 24 heavy (non-hydrogen) atoms. The van der Waals surface area contributed by atoms with Crippen molar-refractivity contribution in [3.8, 4) is 0 Å². The summed E-state index contributed by atoms with van der Waals surface area (Å²) in [6.45, 7) is 5.84. The van der Waals surface area contributed by atoms with Crippen molar-refractivity contribution in [2.75, 3.05) is 29.9 Å². The van der Waals surface area contributed by atoms with Crippen LogP contribution in [0.5, 0.6) is 0 Å². The fourth-order valence-corrected chi connectivity index (χ4v) is 3.23. The topological polar surface area (TPSA) is 45.2 Å². The van der Waals surface area contributed by atoms with Crippen LogP contribution in [0, 0.1) is 18.7 Å². The van der Waals surface area contributed by atoms with Crippen molar-refractivity contribution in [1.82, 2.24) is 4.98 Å². The summed E-state index contributed by atoms with van der Waals surface area (Å²) in [5.74, 6) is 0.651. The number of anilines is 2. The van der Waals surface area contributed by atoms with Gasteiger partial charge in [-0.25, -0.2) is 9.37 Å². The van der Waals surface area contributed by atoms with E-state index in [2.05, 4.69) is 15.2 Å². The maximum Gasteiger partial charge on any atom is 0.164 e. The number of halogens is 1. The molecule has 0 aliphatic carbocycles. The van der Waals surface area contributed by atoms with Gasteiger partial charge in [0.25, 0.3) is 0 Å². The number of pyridine rings is 1. The lowest BCUT2D eigenvalue weighted by Crippen LogP contribution is -2.24. The second-order valence-corrected chi connectivity index (χ2v) is 6.34. The fourth-order valence-electron chi connectivity index (χ4n) is 3.23. The summed E-state index contributed by atoms with van der Waals surface area (Å²) >= 11 is 0. The molecule has 0 saturated carbocycles. The van der Waals surface area contributed by atoms with Gasteiger partial charge in [-0.05, 0) is 50.5 Å². The molecule has 3 rings (SSSR count). The lowest BCUT2D eigenvalue weighted by Gasteiger charge is -2.21. The van der Waals surface area contributed by atoms with E-state index in [1.165, 1.54) is 13.0 Å². The monoisotopic (exact) mass is 327 g/mol. The van der Waals surface area contributed by atoms with Crippen LogP contribution in [0.1, 0.15) is 29.4 Å². The molecule has 0 radical (unpaired) electrons. The van der Waals surface area contributed by atoms with Crippen molar-refractivity contribution >= 4 is 17.3 Å². The zero-order valence-electron chi connectivity index (χ0n) is 14.1. The summed E-state index contributed by atoms with van der Waals surface area (Å²) in [5, 5.41) is 3.37. The van der Waals surface area contributed by atoms with Gasteiger partial charge in [0, 0.05) is 25.3 Å². The minimum absolute atomic E-state index is 0.200. The maximum absolute atomic E-state index is 14.0. The van der Waals surface area contributed by atoms with Crippen molar-refractivity contribution in [3.63, 3.8) is 0 Å². The molecule has 0 spiro atoms. The first-order valence-electron chi connectivity index (χ1n) is 8.26. The Morgan fingerprint density at radius 2 is 2.12 bits per heavy atom. The second kappa shape index (κ2) is 6.99. The van der Waals surface area contributed by atoms with E-state index in [0.29, 0.717) is 11.6 Å². The minimum atomic E-state index is -0.439. The van der Waals surface area contributed by atoms with Crippen LogP contribution in [0.15, 0.2) is 36.4 Å². The van der Waals surface area contributed by atoms with Gasteiger partial charge in [0.05, 0.1) is 11.3 Å². The van der Waals surface area contributed by atoms with Crippen LogP contribution in [0.4, 0.5) is 15.9 Å². The first-order chi connectivity index (χ1) is 11.5. The molecule has 0 bridgehead atoms. The molecule has 4 nitrogen and oxygen atoms in total. The zero-order chi connectivity index (χ0) is 17.1. The van der Waals surface area contributed by atoms with E-state index in [9.17, 15) is 9.18 Å². The van der Waals surface area contributed by atoms with Gasteiger partial charge in [-0.3, -0.25) is 4.79 Å². The van der Waals surface area contributed by atoms with E-state index in [1.807, 2.05) is 31.2 Å². The van der Waals surface area contributed by atoms with Crippen molar-refractivity contribution in [2.24, 2.45) is 5.92 Å². The Morgan fingerprint density at radius 1 is 1.33 bits per heavy atom.